The predicted octanol–water partition coefficient (Wildman–Crippen LogP) is 5.03. The number of pyridine rings is 1. The fraction of sp³-hybridized carbons (Fsp3) is 0.241. The zero-order valence-corrected chi connectivity index (χ0v) is 23.6. The van der Waals surface area contributed by atoms with Gasteiger partial charge < -0.3 is 10.1 Å². The average Bonchev–Trinajstić information content (AvgIpc) is 3.52. The van der Waals surface area contributed by atoms with Crippen molar-refractivity contribution in [2.24, 2.45) is 11.8 Å². The van der Waals surface area contributed by atoms with Crippen molar-refractivity contribution in [3.05, 3.63) is 76.6 Å². The Hall–Kier alpha value is -5.03. The molecule has 2 aliphatic rings. The molecule has 0 bridgehead atoms. The number of ether oxygens (including phenoxy) is 1. The Bertz CT molecular complexity index is 1890. The molecular weight excluding hydrogens is 606 g/mol. The molecule has 224 valence electrons. The van der Waals surface area contributed by atoms with Crippen LogP contribution in [0.3, 0.4) is 0 Å². The van der Waals surface area contributed by atoms with Gasteiger partial charge in [-0.15, -0.1) is 0 Å². The number of aromatic nitrogens is 5. The summed E-state index contributed by atoms with van der Waals surface area (Å²) in [5, 5.41) is 6.47. The molecule has 4 heterocycles. The number of fused-ring (bicyclic) bond motifs is 1. The van der Waals surface area contributed by atoms with Crippen LogP contribution in [0.5, 0.6) is 5.75 Å². The number of halogens is 5. The van der Waals surface area contributed by atoms with Crippen LogP contribution < -0.4 is 15.0 Å². The van der Waals surface area contributed by atoms with E-state index in [9.17, 15) is 22.8 Å². The standard InChI is InChI=1S/C29H20ClF4N7O3/c1-13-18(8-36-26(24(13)31)40-11-15-3-4-17(15)28(40)43)14(2)41-12-16(7-37-41)38-27(42)21-10-35-9-20(39-21)23-22(44-29(33)34)6-5-19(30)25(23)32/h5-10,12,14-15,17,29H,11H2,1-2H3,(H,38,42)/t14?,15-,17-/m1/s1. The number of alkyl halides is 2. The molecule has 1 unspecified atom stereocenters. The number of nitrogens with one attached hydrogen (secondary N) is 1. The first-order chi connectivity index (χ1) is 21.0. The van der Waals surface area contributed by atoms with Crippen LogP contribution in [0.2, 0.25) is 5.02 Å². The predicted molar refractivity (Wildman–Crippen MR) is 149 cm³/mol. The summed E-state index contributed by atoms with van der Waals surface area (Å²) in [5.41, 5.74) is 0.0128. The van der Waals surface area contributed by atoms with E-state index in [1.165, 1.54) is 28.2 Å². The van der Waals surface area contributed by atoms with E-state index >= 15 is 4.39 Å². The maximum absolute atomic E-state index is 15.4. The van der Waals surface area contributed by atoms with E-state index in [1.807, 2.05) is 0 Å². The van der Waals surface area contributed by atoms with Gasteiger partial charge in [-0.05, 0) is 31.5 Å². The minimum atomic E-state index is -3.25. The van der Waals surface area contributed by atoms with Gasteiger partial charge in [-0.25, -0.2) is 18.7 Å². The van der Waals surface area contributed by atoms with Gasteiger partial charge in [0.25, 0.3) is 5.91 Å². The molecule has 1 N–H and O–H groups in total. The molecule has 0 radical (unpaired) electrons. The van der Waals surface area contributed by atoms with Gasteiger partial charge in [0.15, 0.2) is 17.5 Å². The average molecular weight is 626 g/mol. The number of benzene rings is 1. The monoisotopic (exact) mass is 625 g/mol. The van der Waals surface area contributed by atoms with Crippen molar-refractivity contribution in [2.75, 3.05) is 16.8 Å². The molecule has 1 aliphatic heterocycles. The Kier molecular flexibility index (Phi) is 7.42. The number of carbonyl (C=O) groups is 2. The summed E-state index contributed by atoms with van der Waals surface area (Å²) in [5.74, 6) is 1.89. The molecule has 3 aromatic heterocycles. The summed E-state index contributed by atoms with van der Waals surface area (Å²) in [6.45, 7) is 0.380. The van der Waals surface area contributed by atoms with Gasteiger partial charge in [0, 0.05) is 24.5 Å². The van der Waals surface area contributed by atoms with Gasteiger partial charge in [-0.1, -0.05) is 23.4 Å². The van der Waals surface area contributed by atoms with Crippen LogP contribution in [-0.2, 0) is 4.79 Å². The summed E-state index contributed by atoms with van der Waals surface area (Å²) in [4.78, 5) is 39.0. The van der Waals surface area contributed by atoms with E-state index in [4.69, 9.17) is 11.6 Å². The van der Waals surface area contributed by atoms with Crippen LogP contribution in [0.25, 0.3) is 11.3 Å². The van der Waals surface area contributed by atoms with Gasteiger partial charge in [0.2, 0.25) is 5.91 Å². The highest BCUT2D eigenvalue weighted by atomic mass is 35.5. The molecule has 0 spiro atoms. The lowest BCUT2D eigenvalue weighted by Gasteiger charge is -2.20. The van der Waals surface area contributed by atoms with Gasteiger partial charge in [0.1, 0.15) is 17.4 Å². The van der Waals surface area contributed by atoms with Crippen molar-refractivity contribution < 1.29 is 31.9 Å². The first-order valence-corrected chi connectivity index (χ1v) is 13.5. The van der Waals surface area contributed by atoms with Crippen molar-refractivity contribution in [1.82, 2.24) is 24.7 Å². The first kappa shape index (κ1) is 29.1. The fourth-order valence-corrected chi connectivity index (χ4v) is 5.17. The second-order valence-electron chi connectivity index (χ2n) is 10.0. The largest absolute Gasteiger partial charge is 0.434 e. The summed E-state index contributed by atoms with van der Waals surface area (Å²) in [7, 11) is 0. The molecule has 0 saturated carbocycles. The third-order valence-electron chi connectivity index (χ3n) is 7.38. The van der Waals surface area contributed by atoms with Gasteiger partial charge in [-0.3, -0.25) is 24.2 Å². The second-order valence-corrected chi connectivity index (χ2v) is 10.4. The first-order valence-electron chi connectivity index (χ1n) is 13.1. The van der Waals surface area contributed by atoms with Crippen LogP contribution in [0, 0.1) is 42.2 Å². The highest BCUT2D eigenvalue weighted by Gasteiger charge is 2.44. The van der Waals surface area contributed by atoms with Crippen molar-refractivity contribution in [1.29, 1.82) is 0 Å². The smallest absolute Gasteiger partial charge is 0.387 e. The number of rotatable bonds is 8. The van der Waals surface area contributed by atoms with E-state index in [1.54, 1.807) is 13.8 Å². The Labute approximate surface area is 252 Å². The molecule has 3 atom stereocenters. The number of hydrogen-bond acceptors (Lipinski definition) is 7. The summed E-state index contributed by atoms with van der Waals surface area (Å²) in [6.07, 6.45) is 6.50. The highest BCUT2D eigenvalue weighted by Crippen LogP contribution is 2.37. The third kappa shape index (κ3) is 5.09. The molecule has 1 fully saturated rings. The van der Waals surface area contributed by atoms with Crippen LogP contribution in [-0.4, -0.2) is 49.7 Å². The van der Waals surface area contributed by atoms with Crippen LogP contribution >= 0.6 is 11.6 Å². The lowest BCUT2D eigenvalue weighted by molar-refractivity contribution is -0.119. The molecule has 1 aromatic carbocycles. The lowest BCUT2D eigenvalue weighted by atomic mass is 9.89. The van der Waals surface area contributed by atoms with Crippen molar-refractivity contribution in [2.45, 2.75) is 26.5 Å². The molecule has 2 amide bonds. The second kappa shape index (κ2) is 11.2. The molecule has 6 rings (SSSR count). The normalized spacial score (nSPS) is 17.5. The van der Waals surface area contributed by atoms with Crippen molar-refractivity contribution >= 4 is 34.9 Å². The van der Waals surface area contributed by atoms with Crippen LogP contribution in [0.4, 0.5) is 29.1 Å². The minimum absolute atomic E-state index is 0.0521. The molecule has 44 heavy (non-hydrogen) atoms. The van der Waals surface area contributed by atoms with Crippen molar-refractivity contribution in [3.8, 4) is 28.8 Å². The van der Waals surface area contributed by atoms with Gasteiger partial charge in [-0.2, -0.15) is 13.9 Å². The van der Waals surface area contributed by atoms with Crippen LogP contribution in [0.15, 0.2) is 43.1 Å². The number of hydrogen-bond donors (Lipinski definition) is 1. The number of nitrogens with zero attached hydrogens (tertiary/aromatic N) is 6. The molecular formula is C29H20ClF4N7O3. The summed E-state index contributed by atoms with van der Waals surface area (Å²) >= 11 is 5.83. The van der Waals surface area contributed by atoms with Crippen LogP contribution in [0.1, 0.15) is 34.6 Å². The number of amides is 2. The topological polar surface area (TPSA) is 115 Å². The zero-order valence-electron chi connectivity index (χ0n) is 22.9. The SMILES string of the molecule is Cc1c(C(C)n2cc(NC(=O)c3cncc(-c4c(OC(F)F)ccc(Cl)c4F)n3)cn2)cnc(N2C[C@H]3C#C[C@H]3C2=O)c1F. The highest BCUT2D eigenvalue weighted by molar-refractivity contribution is 6.31. The van der Waals surface area contributed by atoms with Gasteiger partial charge in [0.05, 0.1) is 52.5 Å². The summed E-state index contributed by atoms with van der Waals surface area (Å²) in [6, 6.07) is 1.58. The Morgan fingerprint density at radius 3 is 2.64 bits per heavy atom. The quantitative estimate of drug-likeness (QED) is 0.216. The lowest BCUT2D eigenvalue weighted by Crippen LogP contribution is -2.29. The maximum atomic E-state index is 15.4. The number of anilines is 2. The van der Waals surface area contributed by atoms with Crippen molar-refractivity contribution in [3.63, 3.8) is 0 Å². The van der Waals surface area contributed by atoms with Gasteiger partial charge >= 0.3 is 6.61 Å². The molecule has 10 nitrogen and oxygen atoms in total. The van der Waals surface area contributed by atoms with E-state index in [0.717, 1.165) is 24.5 Å². The molecule has 1 aliphatic carbocycles. The molecule has 1 saturated heterocycles. The van der Waals surface area contributed by atoms with E-state index in [2.05, 4.69) is 41.9 Å². The summed E-state index contributed by atoms with van der Waals surface area (Å²) < 4.78 is 61.9. The Morgan fingerprint density at radius 2 is 1.95 bits per heavy atom. The minimum Gasteiger partial charge on any atom is -0.434 e. The maximum Gasteiger partial charge on any atom is 0.387 e. The Balaban J connectivity index is 1.19. The van der Waals surface area contributed by atoms with E-state index < -0.39 is 47.4 Å². The molecule has 4 aromatic rings. The van der Waals surface area contributed by atoms with E-state index in [0.29, 0.717) is 12.1 Å². The number of carbonyl (C=O) groups excluding carboxylic acids is 2. The fourth-order valence-electron chi connectivity index (χ4n) is 5.02. The Morgan fingerprint density at radius 1 is 1.16 bits per heavy atom. The molecule has 15 heteroatoms. The zero-order chi connectivity index (χ0) is 31.3. The van der Waals surface area contributed by atoms with E-state index in [-0.39, 0.29) is 45.3 Å². The third-order valence-corrected chi connectivity index (χ3v) is 7.67.